The normalized spacial score (nSPS) is 14.3. The van der Waals surface area contributed by atoms with Crippen LogP contribution in [0.5, 0.6) is 17.2 Å². The smallest absolute Gasteiger partial charge is 0.282 e. The predicted molar refractivity (Wildman–Crippen MR) is 130 cm³/mol. The first-order valence-corrected chi connectivity index (χ1v) is 11.0. The van der Waals surface area contributed by atoms with Gasteiger partial charge in [-0.3, -0.25) is 15.0 Å². The van der Waals surface area contributed by atoms with Crippen LogP contribution in [-0.4, -0.2) is 32.1 Å². The number of rotatable bonds is 9. The fourth-order valence-corrected chi connectivity index (χ4v) is 3.51. The first kappa shape index (κ1) is 22.9. The van der Waals surface area contributed by atoms with E-state index in [0.717, 1.165) is 11.3 Å². The Kier molecular flexibility index (Phi) is 7.13. The van der Waals surface area contributed by atoms with Crippen molar-refractivity contribution in [1.29, 1.82) is 0 Å². The van der Waals surface area contributed by atoms with Crippen molar-refractivity contribution in [2.45, 2.75) is 13.3 Å². The first-order chi connectivity index (χ1) is 16.5. The van der Waals surface area contributed by atoms with Gasteiger partial charge in [0.1, 0.15) is 11.3 Å². The molecule has 0 unspecified atom stereocenters. The van der Waals surface area contributed by atoms with Crippen LogP contribution in [0.25, 0.3) is 6.08 Å². The molecule has 7 heteroatoms. The number of nitrogens with one attached hydrogen (secondary N) is 1. The minimum absolute atomic E-state index is 0.0490. The summed E-state index contributed by atoms with van der Waals surface area (Å²) in [5.41, 5.74) is 5.04. The van der Waals surface area contributed by atoms with Gasteiger partial charge in [0, 0.05) is 6.42 Å². The third-order valence-corrected chi connectivity index (χ3v) is 5.21. The zero-order valence-corrected chi connectivity index (χ0v) is 19.1. The molecule has 0 aliphatic carbocycles. The maximum atomic E-state index is 12.8. The van der Waals surface area contributed by atoms with Crippen LogP contribution < -0.4 is 24.6 Å². The second-order valence-electron chi connectivity index (χ2n) is 7.75. The molecule has 2 amide bonds. The topological polar surface area (TPSA) is 77.1 Å². The summed E-state index contributed by atoms with van der Waals surface area (Å²) in [5, 5.41) is 1.24. The number of para-hydroxylation sites is 1. The van der Waals surface area contributed by atoms with Gasteiger partial charge >= 0.3 is 0 Å². The number of carbonyl (C=O) groups is 2. The molecule has 0 aromatic heterocycles. The SMILES string of the molecule is COc1cc(C=C2C(=O)NN(c3ccccc3)C2=O)ccc1OCCCOc1cccc(C)c1. The molecule has 3 aromatic rings. The summed E-state index contributed by atoms with van der Waals surface area (Å²) < 4.78 is 17.0. The van der Waals surface area contributed by atoms with Crippen LogP contribution in [0.2, 0.25) is 0 Å². The third kappa shape index (κ3) is 5.38. The minimum Gasteiger partial charge on any atom is -0.493 e. The Balaban J connectivity index is 1.37. The van der Waals surface area contributed by atoms with Crippen LogP contribution in [0.1, 0.15) is 17.5 Å². The third-order valence-electron chi connectivity index (χ3n) is 5.21. The Hall–Kier alpha value is -4.26. The van der Waals surface area contributed by atoms with E-state index in [1.165, 1.54) is 5.01 Å². The van der Waals surface area contributed by atoms with Gasteiger partial charge in [0.05, 0.1) is 26.0 Å². The number of benzene rings is 3. The molecule has 34 heavy (non-hydrogen) atoms. The van der Waals surface area contributed by atoms with Crippen molar-refractivity contribution in [2.24, 2.45) is 0 Å². The summed E-state index contributed by atoms with van der Waals surface area (Å²) in [6.45, 7) is 3.01. The minimum atomic E-state index is -0.457. The molecular formula is C27H26N2O5. The number of carbonyl (C=O) groups excluding carboxylic acids is 2. The fraction of sp³-hybridized carbons (Fsp3) is 0.185. The van der Waals surface area contributed by atoms with Gasteiger partial charge in [-0.2, -0.15) is 0 Å². The Morgan fingerprint density at radius 2 is 1.68 bits per heavy atom. The summed E-state index contributed by atoms with van der Waals surface area (Å²) in [4.78, 5) is 25.2. The number of hydrogen-bond donors (Lipinski definition) is 1. The molecule has 0 bridgehead atoms. The van der Waals surface area contributed by atoms with Gasteiger partial charge in [-0.05, 0) is 60.5 Å². The zero-order valence-electron chi connectivity index (χ0n) is 19.1. The maximum Gasteiger partial charge on any atom is 0.282 e. The average Bonchev–Trinajstić information content (AvgIpc) is 3.13. The van der Waals surface area contributed by atoms with E-state index in [0.29, 0.717) is 42.4 Å². The average molecular weight is 459 g/mol. The van der Waals surface area contributed by atoms with Gasteiger partial charge in [-0.1, -0.05) is 36.4 Å². The van der Waals surface area contributed by atoms with Crippen molar-refractivity contribution in [3.8, 4) is 17.2 Å². The van der Waals surface area contributed by atoms with Gasteiger partial charge in [0.2, 0.25) is 0 Å². The van der Waals surface area contributed by atoms with E-state index in [9.17, 15) is 9.59 Å². The quantitative estimate of drug-likeness (QED) is 0.294. The van der Waals surface area contributed by atoms with Crippen molar-refractivity contribution < 1.29 is 23.8 Å². The number of amides is 2. The lowest BCUT2D eigenvalue weighted by Crippen LogP contribution is -2.35. The number of aryl methyl sites for hydroxylation is 1. The van der Waals surface area contributed by atoms with E-state index in [-0.39, 0.29) is 5.57 Å². The molecule has 1 heterocycles. The summed E-state index contributed by atoms with van der Waals surface area (Å²) in [7, 11) is 1.55. The molecule has 0 spiro atoms. The summed E-state index contributed by atoms with van der Waals surface area (Å²) in [6, 6.07) is 22.1. The lowest BCUT2D eigenvalue weighted by molar-refractivity contribution is -0.117. The molecule has 0 radical (unpaired) electrons. The van der Waals surface area contributed by atoms with Crippen molar-refractivity contribution >= 4 is 23.6 Å². The van der Waals surface area contributed by atoms with Gasteiger partial charge in [0.25, 0.3) is 11.8 Å². The van der Waals surface area contributed by atoms with E-state index in [4.69, 9.17) is 14.2 Å². The van der Waals surface area contributed by atoms with Gasteiger partial charge in [-0.15, -0.1) is 0 Å². The van der Waals surface area contributed by atoms with Gasteiger partial charge in [-0.25, -0.2) is 5.01 Å². The molecular weight excluding hydrogens is 432 g/mol. The number of hydrazine groups is 1. The van der Waals surface area contributed by atoms with Gasteiger partial charge in [0.15, 0.2) is 11.5 Å². The van der Waals surface area contributed by atoms with Crippen LogP contribution in [0, 0.1) is 6.92 Å². The van der Waals surface area contributed by atoms with Crippen LogP contribution >= 0.6 is 0 Å². The highest BCUT2D eigenvalue weighted by molar-refractivity contribution is 6.31. The lowest BCUT2D eigenvalue weighted by atomic mass is 10.1. The standard InChI is InChI=1S/C27H26N2O5/c1-19-8-6-11-22(16-19)33-14-7-15-34-24-13-12-20(18-25(24)32-2)17-23-26(30)28-29(27(23)31)21-9-4-3-5-10-21/h3-6,8-13,16-18H,7,14-15H2,1-2H3,(H,28,30). The molecule has 1 aliphatic heterocycles. The zero-order chi connectivity index (χ0) is 23.9. The number of nitrogens with zero attached hydrogens (tertiary/aromatic N) is 1. The Morgan fingerprint density at radius 1 is 0.882 bits per heavy atom. The molecule has 174 valence electrons. The number of hydrogen-bond acceptors (Lipinski definition) is 5. The summed E-state index contributed by atoms with van der Waals surface area (Å²) in [5.74, 6) is 1.06. The van der Waals surface area contributed by atoms with E-state index in [1.54, 1.807) is 55.7 Å². The molecule has 0 atom stereocenters. The largest absolute Gasteiger partial charge is 0.493 e. The maximum absolute atomic E-state index is 12.8. The second-order valence-corrected chi connectivity index (χ2v) is 7.75. The predicted octanol–water partition coefficient (Wildman–Crippen LogP) is 4.31. The molecule has 0 saturated carbocycles. The molecule has 7 nitrogen and oxygen atoms in total. The van der Waals surface area contributed by atoms with Crippen molar-refractivity contribution in [3.05, 3.63) is 89.5 Å². The number of ether oxygens (including phenoxy) is 3. The Labute approximate surface area is 198 Å². The van der Waals surface area contributed by atoms with Crippen LogP contribution in [0.4, 0.5) is 5.69 Å². The number of methoxy groups -OCH3 is 1. The van der Waals surface area contributed by atoms with E-state index < -0.39 is 11.8 Å². The molecule has 3 aromatic carbocycles. The first-order valence-electron chi connectivity index (χ1n) is 11.0. The molecule has 1 N–H and O–H groups in total. The molecule has 1 saturated heterocycles. The van der Waals surface area contributed by atoms with Crippen molar-refractivity contribution in [3.63, 3.8) is 0 Å². The molecule has 4 rings (SSSR count). The Bertz CT molecular complexity index is 1210. The lowest BCUT2D eigenvalue weighted by Gasteiger charge is -2.14. The van der Waals surface area contributed by atoms with Crippen LogP contribution in [-0.2, 0) is 9.59 Å². The van der Waals surface area contributed by atoms with Crippen LogP contribution in [0.15, 0.2) is 78.4 Å². The van der Waals surface area contributed by atoms with Crippen LogP contribution in [0.3, 0.4) is 0 Å². The fourth-order valence-electron chi connectivity index (χ4n) is 3.51. The monoisotopic (exact) mass is 458 g/mol. The van der Waals surface area contributed by atoms with Crippen molar-refractivity contribution in [2.75, 3.05) is 25.3 Å². The number of anilines is 1. The summed E-state index contributed by atoms with van der Waals surface area (Å²) >= 11 is 0. The van der Waals surface area contributed by atoms with E-state index in [1.807, 2.05) is 37.3 Å². The second kappa shape index (κ2) is 10.6. The van der Waals surface area contributed by atoms with Crippen molar-refractivity contribution in [1.82, 2.24) is 5.43 Å². The Morgan fingerprint density at radius 3 is 2.44 bits per heavy atom. The van der Waals surface area contributed by atoms with Gasteiger partial charge < -0.3 is 14.2 Å². The molecule has 1 fully saturated rings. The highest BCUT2D eigenvalue weighted by Crippen LogP contribution is 2.30. The highest BCUT2D eigenvalue weighted by atomic mass is 16.5. The highest BCUT2D eigenvalue weighted by Gasteiger charge is 2.34. The van der Waals surface area contributed by atoms with E-state index in [2.05, 4.69) is 5.43 Å². The van der Waals surface area contributed by atoms with E-state index >= 15 is 0 Å². The summed E-state index contributed by atoms with van der Waals surface area (Å²) in [6.07, 6.45) is 2.25. The molecule has 1 aliphatic rings.